The molecule has 0 aliphatic carbocycles. The quantitative estimate of drug-likeness (QED) is 0.864. The molecule has 1 aliphatic heterocycles. The van der Waals surface area contributed by atoms with Gasteiger partial charge in [0.2, 0.25) is 0 Å². The lowest BCUT2D eigenvalue weighted by atomic mass is 10.2. The molecule has 0 saturated carbocycles. The fraction of sp³-hybridized carbons (Fsp3) is 0.600. The molecule has 1 N–H and O–H groups in total. The van der Waals surface area contributed by atoms with Crippen LogP contribution in [0.2, 0.25) is 0 Å². The summed E-state index contributed by atoms with van der Waals surface area (Å²) in [5, 5.41) is 9.47. The number of aliphatic hydroxyl groups excluding tert-OH is 1. The van der Waals surface area contributed by atoms with E-state index in [9.17, 15) is 9.90 Å². The Morgan fingerprint density at radius 3 is 2.55 bits per heavy atom. The van der Waals surface area contributed by atoms with Crippen molar-refractivity contribution in [3.05, 3.63) is 22.3 Å². The molecule has 2 rings (SSSR count). The number of piperazine rings is 1. The van der Waals surface area contributed by atoms with Gasteiger partial charge in [-0.1, -0.05) is 0 Å². The van der Waals surface area contributed by atoms with E-state index >= 15 is 0 Å². The molecular weight excluding hydrogens is 350 g/mol. The largest absolute Gasteiger partial charge is 0.444 e. The van der Waals surface area contributed by atoms with Crippen molar-refractivity contribution in [1.29, 1.82) is 0 Å². The molecule has 1 aromatic rings. The molecule has 0 spiro atoms. The summed E-state index contributed by atoms with van der Waals surface area (Å²) in [7, 11) is 0. The smallest absolute Gasteiger partial charge is 0.410 e. The number of hydrogen-bond donors (Lipinski definition) is 1. The van der Waals surface area contributed by atoms with Gasteiger partial charge < -0.3 is 19.6 Å². The Kier molecular flexibility index (Phi) is 5.28. The number of anilines is 1. The van der Waals surface area contributed by atoms with Crippen molar-refractivity contribution in [2.45, 2.75) is 33.0 Å². The van der Waals surface area contributed by atoms with Gasteiger partial charge in [0.1, 0.15) is 11.4 Å². The predicted octanol–water partition coefficient (Wildman–Crippen LogP) is 2.39. The van der Waals surface area contributed by atoms with Crippen LogP contribution in [0.3, 0.4) is 0 Å². The Hall–Kier alpha value is -1.34. The summed E-state index contributed by atoms with van der Waals surface area (Å²) in [4.78, 5) is 20.2. The average molecular weight is 372 g/mol. The third-order valence-electron chi connectivity index (χ3n) is 3.31. The van der Waals surface area contributed by atoms with Crippen LogP contribution in [-0.2, 0) is 11.3 Å². The Labute approximate surface area is 139 Å². The van der Waals surface area contributed by atoms with Crippen LogP contribution in [0.15, 0.2) is 16.7 Å². The van der Waals surface area contributed by atoms with Crippen LogP contribution in [0.1, 0.15) is 26.3 Å². The van der Waals surface area contributed by atoms with E-state index in [2.05, 4.69) is 25.8 Å². The lowest BCUT2D eigenvalue weighted by Gasteiger charge is -2.36. The minimum atomic E-state index is -0.481. The second-order valence-electron chi connectivity index (χ2n) is 6.25. The maximum atomic E-state index is 12.0. The lowest BCUT2D eigenvalue weighted by Crippen LogP contribution is -2.50. The van der Waals surface area contributed by atoms with Crippen molar-refractivity contribution in [3.63, 3.8) is 0 Å². The van der Waals surface area contributed by atoms with Crippen molar-refractivity contribution in [2.24, 2.45) is 0 Å². The van der Waals surface area contributed by atoms with Crippen molar-refractivity contribution in [3.8, 4) is 0 Å². The first-order chi connectivity index (χ1) is 10.3. The molecule has 1 aliphatic rings. The zero-order chi connectivity index (χ0) is 16.3. The van der Waals surface area contributed by atoms with Gasteiger partial charge >= 0.3 is 6.09 Å². The number of aromatic nitrogens is 1. The molecule has 1 amide bonds. The van der Waals surface area contributed by atoms with Gasteiger partial charge in [-0.2, -0.15) is 0 Å². The van der Waals surface area contributed by atoms with E-state index in [0.29, 0.717) is 26.2 Å². The molecule has 1 fully saturated rings. The van der Waals surface area contributed by atoms with Gasteiger partial charge in [-0.25, -0.2) is 9.78 Å². The molecular formula is C15H22BrN3O3. The van der Waals surface area contributed by atoms with E-state index in [1.54, 1.807) is 11.1 Å². The van der Waals surface area contributed by atoms with Crippen LogP contribution < -0.4 is 4.90 Å². The minimum Gasteiger partial charge on any atom is -0.444 e. The molecule has 7 heteroatoms. The molecule has 0 radical (unpaired) electrons. The second-order valence-corrected chi connectivity index (χ2v) is 7.16. The predicted molar refractivity (Wildman–Crippen MR) is 87.9 cm³/mol. The number of nitrogens with zero attached hydrogens (tertiary/aromatic N) is 3. The average Bonchev–Trinajstić information content (AvgIpc) is 2.45. The van der Waals surface area contributed by atoms with Gasteiger partial charge in [0.25, 0.3) is 0 Å². The Morgan fingerprint density at radius 1 is 1.36 bits per heavy atom. The molecule has 22 heavy (non-hydrogen) atoms. The molecule has 1 saturated heterocycles. The number of halogens is 1. The van der Waals surface area contributed by atoms with Crippen LogP contribution >= 0.6 is 15.9 Å². The minimum absolute atomic E-state index is 0.0615. The zero-order valence-electron chi connectivity index (χ0n) is 13.2. The summed E-state index contributed by atoms with van der Waals surface area (Å²) >= 11 is 3.36. The third kappa shape index (κ3) is 4.33. The van der Waals surface area contributed by atoms with E-state index in [-0.39, 0.29) is 12.7 Å². The van der Waals surface area contributed by atoms with Gasteiger partial charge in [0.15, 0.2) is 0 Å². The summed E-state index contributed by atoms with van der Waals surface area (Å²) in [5.74, 6) is 0.773. The fourth-order valence-electron chi connectivity index (χ4n) is 2.30. The van der Waals surface area contributed by atoms with Gasteiger partial charge in [-0.3, -0.25) is 0 Å². The van der Waals surface area contributed by atoms with Gasteiger partial charge in [0.05, 0.1) is 6.61 Å². The zero-order valence-corrected chi connectivity index (χ0v) is 14.8. The summed E-state index contributed by atoms with van der Waals surface area (Å²) < 4.78 is 6.23. The van der Waals surface area contributed by atoms with E-state index < -0.39 is 5.60 Å². The number of amides is 1. The van der Waals surface area contributed by atoms with Crippen molar-refractivity contribution in [2.75, 3.05) is 31.1 Å². The highest BCUT2D eigenvalue weighted by Crippen LogP contribution is 2.23. The summed E-state index contributed by atoms with van der Waals surface area (Å²) in [6.45, 7) is 8.02. The Balaban J connectivity index is 1.99. The highest BCUT2D eigenvalue weighted by atomic mass is 79.9. The van der Waals surface area contributed by atoms with E-state index in [0.717, 1.165) is 15.9 Å². The molecule has 0 atom stereocenters. The first kappa shape index (κ1) is 17.0. The molecule has 0 aromatic carbocycles. The molecule has 2 heterocycles. The molecule has 1 aromatic heterocycles. The monoisotopic (exact) mass is 371 g/mol. The van der Waals surface area contributed by atoms with Gasteiger partial charge in [0, 0.05) is 42.4 Å². The standard InChI is InChI=1S/C15H22BrN3O3/c1-15(2,3)22-14(21)19-6-4-18(5-7-19)13-11(10-20)8-12(16)9-17-13/h8-9,20H,4-7,10H2,1-3H3. The van der Waals surface area contributed by atoms with Gasteiger partial charge in [-0.15, -0.1) is 0 Å². The molecule has 0 unspecified atom stereocenters. The number of rotatable bonds is 2. The van der Waals surface area contributed by atoms with E-state index in [1.165, 1.54) is 0 Å². The number of ether oxygens (including phenoxy) is 1. The highest BCUT2D eigenvalue weighted by molar-refractivity contribution is 9.10. The second kappa shape index (κ2) is 6.83. The molecule has 122 valence electrons. The van der Waals surface area contributed by atoms with Crippen molar-refractivity contribution >= 4 is 27.8 Å². The van der Waals surface area contributed by atoms with Crippen LogP contribution in [0, 0.1) is 0 Å². The maximum absolute atomic E-state index is 12.0. The summed E-state index contributed by atoms with van der Waals surface area (Å²) in [6.07, 6.45) is 1.44. The Morgan fingerprint density at radius 2 is 2.00 bits per heavy atom. The van der Waals surface area contributed by atoms with Crippen LogP contribution in [-0.4, -0.2) is 52.9 Å². The first-order valence-corrected chi connectivity index (χ1v) is 8.07. The topological polar surface area (TPSA) is 65.9 Å². The molecule has 6 nitrogen and oxygen atoms in total. The third-order valence-corrected chi connectivity index (χ3v) is 3.74. The number of pyridine rings is 1. The highest BCUT2D eigenvalue weighted by Gasteiger charge is 2.27. The fourth-order valence-corrected chi connectivity index (χ4v) is 2.68. The summed E-state index contributed by atoms with van der Waals surface area (Å²) in [5.41, 5.74) is 0.297. The lowest BCUT2D eigenvalue weighted by molar-refractivity contribution is 0.0240. The maximum Gasteiger partial charge on any atom is 0.410 e. The van der Waals surface area contributed by atoms with Crippen molar-refractivity contribution < 1.29 is 14.6 Å². The van der Waals surface area contributed by atoms with E-state index in [4.69, 9.17) is 4.74 Å². The SMILES string of the molecule is CC(C)(C)OC(=O)N1CCN(c2ncc(Br)cc2CO)CC1. The Bertz CT molecular complexity index is 537. The summed E-state index contributed by atoms with van der Waals surface area (Å²) in [6, 6.07) is 1.86. The number of hydrogen-bond acceptors (Lipinski definition) is 5. The van der Waals surface area contributed by atoms with Crippen LogP contribution in [0.4, 0.5) is 10.6 Å². The van der Waals surface area contributed by atoms with Gasteiger partial charge in [-0.05, 0) is 42.8 Å². The van der Waals surface area contributed by atoms with E-state index in [1.807, 2.05) is 26.8 Å². The first-order valence-electron chi connectivity index (χ1n) is 7.28. The number of carbonyl (C=O) groups excluding carboxylic acids is 1. The van der Waals surface area contributed by atoms with Crippen LogP contribution in [0.5, 0.6) is 0 Å². The van der Waals surface area contributed by atoms with Crippen LogP contribution in [0.25, 0.3) is 0 Å². The van der Waals surface area contributed by atoms with Crippen molar-refractivity contribution in [1.82, 2.24) is 9.88 Å². The molecule has 0 bridgehead atoms. The number of carbonyl (C=O) groups is 1. The normalized spacial score (nSPS) is 15.9. The number of aliphatic hydroxyl groups is 1.